The van der Waals surface area contributed by atoms with Gasteiger partial charge in [0.1, 0.15) is 17.2 Å². The van der Waals surface area contributed by atoms with Gasteiger partial charge in [-0.1, -0.05) is 41.9 Å². The first-order valence-electron chi connectivity index (χ1n) is 10.3. The second-order valence-corrected chi connectivity index (χ2v) is 7.46. The lowest BCUT2D eigenvalue weighted by atomic mass is 10.2. The van der Waals surface area contributed by atoms with Gasteiger partial charge < -0.3 is 14.8 Å². The van der Waals surface area contributed by atoms with Gasteiger partial charge in [-0.25, -0.2) is 0 Å². The Balaban J connectivity index is 1.27. The first-order chi connectivity index (χ1) is 16.2. The molecule has 0 aliphatic heterocycles. The van der Waals surface area contributed by atoms with Crippen LogP contribution in [-0.2, 0) is 4.79 Å². The summed E-state index contributed by atoms with van der Waals surface area (Å²) in [5.74, 6) is 1.84. The van der Waals surface area contributed by atoms with Crippen LogP contribution in [0.15, 0.2) is 108 Å². The van der Waals surface area contributed by atoms with E-state index in [0.29, 0.717) is 16.5 Å². The molecule has 0 spiro atoms. The van der Waals surface area contributed by atoms with Gasteiger partial charge in [0.25, 0.3) is 5.91 Å². The Morgan fingerprint density at radius 2 is 1.42 bits per heavy atom. The van der Waals surface area contributed by atoms with Crippen molar-refractivity contribution < 1.29 is 14.3 Å². The minimum Gasteiger partial charge on any atom is -0.484 e. The zero-order chi connectivity index (χ0) is 22.9. The van der Waals surface area contributed by atoms with E-state index in [0.717, 1.165) is 22.7 Å². The molecule has 4 rings (SSSR count). The van der Waals surface area contributed by atoms with Crippen LogP contribution in [0.4, 0.5) is 11.4 Å². The summed E-state index contributed by atoms with van der Waals surface area (Å²) in [6, 6.07) is 31.5. The first kappa shape index (κ1) is 22.1. The molecule has 4 aromatic rings. The van der Waals surface area contributed by atoms with Crippen LogP contribution >= 0.6 is 11.6 Å². The molecule has 33 heavy (non-hydrogen) atoms. The highest BCUT2D eigenvalue weighted by Gasteiger charge is 2.06. The molecule has 0 aromatic heterocycles. The van der Waals surface area contributed by atoms with E-state index in [9.17, 15) is 4.79 Å². The molecule has 0 saturated heterocycles. The lowest BCUT2D eigenvalue weighted by Crippen LogP contribution is -2.20. The number of ether oxygens (including phenoxy) is 2. The number of rotatable bonds is 8. The van der Waals surface area contributed by atoms with Gasteiger partial charge in [-0.15, -0.1) is 0 Å². The molecule has 0 aliphatic carbocycles. The van der Waals surface area contributed by atoms with Crippen LogP contribution in [0.5, 0.6) is 17.2 Å². The number of halogens is 1. The number of para-hydroxylation sites is 2. The van der Waals surface area contributed by atoms with E-state index < -0.39 is 0 Å². The van der Waals surface area contributed by atoms with E-state index in [1.54, 1.807) is 42.6 Å². The molecule has 1 amide bonds. The molecule has 0 heterocycles. The molecule has 1 N–H and O–H groups in total. The van der Waals surface area contributed by atoms with Crippen molar-refractivity contribution in [3.63, 3.8) is 0 Å². The molecule has 5 nitrogen and oxygen atoms in total. The molecular weight excluding hydrogens is 436 g/mol. The minimum atomic E-state index is -0.284. The molecule has 164 valence electrons. The van der Waals surface area contributed by atoms with Gasteiger partial charge in [0, 0.05) is 6.21 Å². The summed E-state index contributed by atoms with van der Waals surface area (Å²) in [4.78, 5) is 16.6. The Morgan fingerprint density at radius 1 is 0.788 bits per heavy atom. The summed E-state index contributed by atoms with van der Waals surface area (Å²) in [5.41, 5.74) is 2.28. The van der Waals surface area contributed by atoms with Crippen molar-refractivity contribution in [3.05, 3.63) is 114 Å². The molecule has 0 aliphatic rings. The molecule has 0 bridgehead atoms. The number of carbonyl (C=O) groups is 1. The Kier molecular flexibility index (Phi) is 7.36. The van der Waals surface area contributed by atoms with E-state index in [1.807, 2.05) is 66.7 Å². The standard InChI is InChI=1S/C27H21ClN2O3/c28-25-8-4-5-9-26(25)30-27(31)19-32-22-14-10-20(11-15-22)18-29-21-12-16-24(17-13-21)33-23-6-2-1-3-7-23/h1-18H,19H2,(H,30,31). The number of hydrogen-bond donors (Lipinski definition) is 1. The Labute approximate surface area is 197 Å². The summed E-state index contributed by atoms with van der Waals surface area (Å²) in [6.45, 7) is -0.115. The molecule has 0 unspecified atom stereocenters. The first-order valence-corrected chi connectivity index (χ1v) is 10.7. The van der Waals surface area contributed by atoms with Crippen molar-refractivity contribution in [2.45, 2.75) is 0 Å². The highest BCUT2D eigenvalue weighted by molar-refractivity contribution is 6.33. The third-order valence-corrected chi connectivity index (χ3v) is 4.91. The van der Waals surface area contributed by atoms with Crippen LogP contribution < -0.4 is 14.8 Å². The van der Waals surface area contributed by atoms with Gasteiger partial charge in [0.2, 0.25) is 0 Å². The van der Waals surface area contributed by atoms with Gasteiger partial charge in [0.05, 0.1) is 16.4 Å². The molecule has 6 heteroatoms. The van der Waals surface area contributed by atoms with Crippen molar-refractivity contribution in [2.24, 2.45) is 4.99 Å². The quantitative estimate of drug-likeness (QED) is 0.293. The predicted molar refractivity (Wildman–Crippen MR) is 132 cm³/mol. The highest BCUT2D eigenvalue weighted by Crippen LogP contribution is 2.24. The molecule has 4 aromatic carbocycles. The lowest BCUT2D eigenvalue weighted by Gasteiger charge is -2.08. The van der Waals surface area contributed by atoms with Crippen LogP contribution in [0.2, 0.25) is 5.02 Å². The number of carbonyl (C=O) groups excluding carboxylic acids is 1. The van der Waals surface area contributed by atoms with E-state index in [4.69, 9.17) is 21.1 Å². The van der Waals surface area contributed by atoms with Gasteiger partial charge in [0.15, 0.2) is 6.61 Å². The smallest absolute Gasteiger partial charge is 0.262 e. The number of hydrogen-bond acceptors (Lipinski definition) is 4. The summed E-state index contributed by atoms with van der Waals surface area (Å²) < 4.78 is 11.3. The van der Waals surface area contributed by atoms with Crippen molar-refractivity contribution in [1.29, 1.82) is 0 Å². The van der Waals surface area contributed by atoms with Crippen LogP contribution in [0.1, 0.15) is 5.56 Å². The van der Waals surface area contributed by atoms with Crippen molar-refractivity contribution in [1.82, 2.24) is 0 Å². The van der Waals surface area contributed by atoms with Crippen LogP contribution in [-0.4, -0.2) is 18.7 Å². The number of anilines is 1. The maximum atomic E-state index is 12.1. The predicted octanol–water partition coefficient (Wildman–Crippen LogP) is 6.90. The van der Waals surface area contributed by atoms with Gasteiger partial charge in [-0.3, -0.25) is 9.79 Å². The largest absolute Gasteiger partial charge is 0.484 e. The fourth-order valence-electron chi connectivity index (χ4n) is 2.92. The third-order valence-electron chi connectivity index (χ3n) is 4.58. The van der Waals surface area contributed by atoms with Crippen LogP contribution in [0, 0.1) is 0 Å². The lowest BCUT2D eigenvalue weighted by molar-refractivity contribution is -0.118. The average molecular weight is 457 g/mol. The van der Waals surface area contributed by atoms with Gasteiger partial charge >= 0.3 is 0 Å². The SMILES string of the molecule is O=C(COc1ccc(C=Nc2ccc(Oc3ccccc3)cc2)cc1)Nc1ccccc1Cl. The second kappa shape index (κ2) is 11.0. The van der Waals surface area contributed by atoms with Gasteiger partial charge in [-0.2, -0.15) is 0 Å². The van der Waals surface area contributed by atoms with Crippen LogP contribution in [0.25, 0.3) is 0 Å². The summed E-state index contributed by atoms with van der Waals surface area (Å²) in [6.07, 6.45) is 1.76. The fraction of sp³-hybridized carbons (Fsp3) is 0.0370. The van der Waals surface area contributed by atoms with Gasteiger partial charge in [-0.05, 0) is 78.4 Å². The monoisotopic (exact) mass is 456 g/mol. The number of nitrogens with one attached hydrogen (secondary N) is 1. The Morgan fingerprint density at radius 3 is 2.15 bits per heavy atom. The second-order valence-electron chi connectivity index (χ2n) is 7.05. The Hall–Kier alpha value is -4.09. The summed E-state index contributed by atoms with van der Waals surface area (Å²) >= 11 is 6.04. The zero-order valence-electron chi connectivity index (χ0n) is 17.6. The number of aliphatic imine (C=N–C) groups is 1. The van der Waals surface area contributed by atoms with Crippen molar-refractivity contribution >= 4 is 35.1 Å². The molecular formula is C27H21ClN2O3. The average Bonchev–Trinajstić information content (AvgIpc) is 2.85. The molecule has 0 radical (unpaired) electrons. The normalized spacial score (nSPS) is 10.7. The summed E-state index contributed by atoms with van der Waals surface area (Å²) in [7, 11) is 0. The Bertz CT molecular complexity index is 1220. The topological polar surface area (TPSA) is 59.9 Å². The fourth-order valence-corrected chi connectivity index (χ4v) is 3.10. The number of nitrogens with zero attached hydrogens (tertiary/aromatic N) is 1. The number of benzene rings is 4. The number of amides is 1. The maximum Gasteiger partial charge on any atom is 0.262 e. The van der Waals surface area contributed by atoms with E-state index in [1.165, 1.54) is 0 Å². The van der Waals surface area contributed by atoms with Crippen molar-refractivity contribution in [3.8, 4) is 17.2 Å². The molecule has 0 atom stereocenters. The molecule has 0 saturated carbocycles. The van der Waals surface area contributed by atoms with Crippen molar-refractivity contribution in [2.75, 3.05) is 11.9 Å². The summed E-state index contributed by atoms with van der Waals surface area (Å²) in [5, 5.41) is 3.20. The molecule has 0 fully saturated rings. The van der Waals surface area contributed by atoms with Crippen LogP contribution in [0.3, 0.4) is 0 Å². The van der Waals surface area contributed by atoms with E-state index in [2.05, 4.69) is 10.3 Å². The third kappa shape index (κ3) is 6.69. The zero-order valence-corrected chi connectivity index (χ0v) is 18.4. The van der Waals surface area contributed by atoms with E-state index in [-0.39, 0.29) is 12.5 Å². The van der Waals surface area contributed by atoms with E-state index >= 15 is 0 Å². The highest BCUT2D eigenvalue weighted by atomic mass is 35.5. The maximum absolute atomic E-state index is 12.1. The minimum absolute atomic E-state index is 0.115.